The summed E-state index contributed by atoms with van der Waals surface area (Å²) in [6.45, 7) is 2.04. The Balaban J connectivity index is 0.00000121. The van der Waals surface area contributed by atoms with Crippen LogP contribution >= 0.6 is 12.4 Å². The van der Waals surface area contributed by atoms with E-state index >= 15 is 0 Å². The van der Waals surface area contributed by atoms with E-state index in [1.54, 1.807) is 6.07 Å². The maximum atomic E-state index is 10.7. The van der Waals surface area contributed by atoms with Gasteiger partial charge in [-0.25, -0.2) is 0 Å². The Labute approximate surface area is 78.2 Å². The van der Waals surface area contributed by atoms with Crippen LogP contribution in [-0.2, 0) is 6.42 Å². The number of hydrogen-bond acceptors (Lipinski definition) is 1. The van der Waals surface area contributed by atoms with Gasteiger partial charge in [0, 0.05) is 5.56 Å². The number of halogens is 1. The van der Waals surface area contributed by atoms with Crippen molar-refractivity contribution in [3.63, 3.8) is 0 Å². The highest BCUT2D eigenvalue weighted by molar-refractivity contribution is 5.92. The summed E-state index contributed by atoms with van der Waals surface area (Å²) < 4.78 is 0. The topological polar surface area (TPSA) is 43.1 Å². The van der Waals surface area contributed by atoms with Gasteiger partial charge in [-0.2, -0.15) is 0 Å². The highest BCUT2D eigenvalue weighted by Gasteiger charge is 1.98. The molecule has 0 unspecified atom stereocenters. The standard InChI is InChI=1S/C9H11NO.ClH/c1-2-7-4-3-5-8(6-7)9(10)11;/h3-6H,2H2,1H3,(H2,10,11);1H. The number of carbonyl (C=O) groups is 1. The molecular formula is C9H12ClNO. The predicted octanol–water partition coefficient (Wildman–Crippen LogP) is 1.77. The second kappa shape index (κ2) is 4.78. The largest absolute Gasteiger partial charge is 0.366 e. The van der Waals surface area contributed by atoms with E-state index in [-0.39, 0.29) is 18.3 Å². The molecule has 2 nitrogen and oxygen atoms in total. The quantitative estimate of drug-likeness (QED) is 0.750. The molecule has 0 fully saturated rings. The molecule has 0 atom stereocenters. The lowest BCUT2D eigenvalue weighted by atomic mass is 10.1. The van der Waals surface area contributed by atoms with Crippen molar-refractivity contribution in [2.45, 2.75) is 13.3 Å². The van der Waals surface area contributed by atoms with E-state index in [9.17, 15) is 4.79 Å². The van der Waals surface area contributed by atoms with Crippen molar-refractivity contribution in [1.29, 1.82) is 0 Å². The molecule has 0 saturated carbocycles. The average molecular weight is 186 g/mol. The Morgan fingerprint density at radius 2 is 2.17 bits per heavy atom. The van der Waals surface area contributed by atoms with Crippen LogP contribution < -0.4 is 5.73 Å². The van der Waals surface area contributed by atoms with Crippen molar-refractivity contribution in [3.8, 4) is 0 Å². The molecule has 1 rings (SSSR count). The molecule has 0 aromatic heterocycles. The maximum absolute atomic E-state index is 10.7. The third-order valence-corrected chi connectivity index (χ3v) is 1.62. The molecule has 3 heteroatoms. The summed E-state index contributed by atoms with van der Waals surface area (Å²) in [5, 5.41) is 0. The van der Waals surface area contributed by atoms with Gasteiger partial charge in [-0.05, 0) is 24.1 Å². The maximum Gasteiger partial charge on any atom is 0.248 e. The zero-order chi connectivity index (χ0) is 8.27. The summed E-state index contributed by atoms with van der Waals surface area (Å²) in [6.07, 6.45) is 0.932. The lowest BCUT2D eigenvalue weighted by molar-refractivity contribution is 0.1000. The number of aryl methyl sites for hydroxylation is 1. The van der Waals surface area contributed by atoms with Crippen LogP contribution in [0.2, 0.25) is 0 Å². The monoisotopic (exact) mass is 185 g/mol. The fourth-order valence-electron chi connectivity index (χ4n) is 0.945. The van der Waals surface area contributed by atoms with Crippen LogP contribution in [0.1, 0.15) is 22.8 Å². The molecule has 1 amide bonds. The van der Waals surface area contributed by atoms with E-state index in [0.717, 1.165) is 12.0 Å². The number of rotatable bonds is 2. The first kappa shape index (κ1) is 11.0. The van der Waals surface area contributed by atoms with Crippen molar-refractivity contribution in [2.75, 3.05) is 0 Å². The van der Waals surface area contributed by atoms with Crippen LogP contribution in [0.4, 0.5) is 0 Å². The van der Waals surface area contributed by atoms with Gasteiger partial charge in [0.25, 0.3) is 0 Å². The summed E-state index contributed by atoms with van der Waals surface area (Å²) >= 11 is 0. The lowest BCUT2D eigenvalue weighted by Gasteiger charge is -1.97. The molecule has 0 bridgehead atoms. The Hall–Kier alpha value is -1.02. The Morgan fingerprint density at radius 3 is 2.67 bits per heavy atom. The number of benzene rings is 1. The van der Waals surface area contributed by atoms with E-state index in [2.05, 4.69) is 0 Å². The normalized spacial score (nSPS) is 8.75. The fraction of sp³-hybridized carbons (Fsp3) is 0.222. The molecule has 66 valence electrons. The first-order valence-electron chi connectivity index (χ1n) is 3.62. The van der Waals surface area contributed by atoms with E-state index in [1.807, 2.05) is 25.1 Å². The SMILES string of the molecule is CCc1cccc(C(N)=O)c1.Cl. The van der Waals surface area contributed by atoms with Crippen LogP contribution in [0.15, 0.2) is 24.3 Å². The first-order valence-corrected chi connectivity index (χ1v) is 3.62. The zero-order valence-corrected chi connectivity index (χ0v) is 7.73. The van der Waals surface area contributed by atoms with Gasteiger partial charge in [0.05, 0.1) is 0 Å². The molecule has 0 aliphatic rings. The van der Waals surface area contributed by atoms with Gasteiger partial charge in [0.15, 0.2) is 0 Å². The second-order valence-electron chi connectivity index (χ2n) is 2.42. The smallest absolute Gasteiger partial charge is 0.248 e. The van der Waals surface area contributed by atoms with Crippen molar-refractivity contribution in [1.82, 2.24) is 0 Å². The summed E-state index contributed by atoms with van der Waals surface area (Å²) in [6, 6.07) is 7.37. The average Bonchev–Trinajstić information content (AvgIpc) is 2.05. The van der Waals surface area contributed by atoms with Crippen molar-refractivity contribution in [3.05, 3.63) is 35.4 Å². The minimum absolute atomic E-state index is 0. The third-order valence-electron chi connectivity index (χ3n) is 1.62. The van der Waals surface area contributed by atoms with Crippen molar-refractivity contribution < 1.29 is 4.79 Å². The zero-order valence-electron chi connectivity index (χ0n) is 6.91. The minimum Gasteiger partial charge on any atom is -0.366 e. The van der Waals surface area contributed by atoms with Gasteiger partial charge < -0.3 is 5.73 Å². The van der Waals surface area contributed by atoms with E-state index in [0.29, 0.717) is 5.56 Å². The Bertz CT molecular complexity index is 273. The van der Waals surface area contributed by atoms with Gasteiger partial charge in [0.1, 0.15) is 0 Å². The Morgan fingerprint density at radius 1 is 1.50 bits per heavy atom. The molecule has 0 aliphatic carbocycles. The minimum atomic E-state index is -0.361. The van der Waals surface area contributed by atoms with Crippen LogP contribution in [0, 0.1) is 0 Å². The molecule has 0 heterocycles. The van der Waals surface area contributed by atoms with Crippen LogP contribution in [0.3, 0.4) is 0 Å². The van der Waals surface area contributed by atoms with Crippen LogP contribution in [0.25, 0.3) is 0 Å². The van der Waals surface area contributed by atoms with Gasteiger partial charge >= 0.3 is 0 Å². The van der Waals surface area contributed by atoms with E-state index in [1.165, 1.54) is 0 Å². The number of amides is 1. The summed E-state index contributed by atoms with van der Waals surface area (Å²) in [7, 11) is 0. The van der Waals surface area contributed by atoms with Crippen molar-refractivity contribution >= 4 is 18.3 Å². The molecule has 0 spiro atoms. The number of hydrogen-bond donors (Lipinski definition) is 1. The highest BCUT2D eigenvalue weighted by atomic mass is 35.5. The van der Waals surface area contributed by atoms with Gasteiger partial charge in [-0.1, -0.05) is 19.1 Å². The molecule has 0 saturated heterocycles. The molecule has 0 aliphatic heterocycles. The number of primary amides is 1. The molecule has 0 radical (unpaired) electrons. The predicted molar refractivity (Wildman–Crippen MR) is 51.6 cm³/mol. The van der Waals surface area contributed by atoms with Crippen LogP contribution in [-0.4, -0.2) is 5.91 Å². The second-order valence-corrected chi connectivity index (χ2v) is 2.42. The van der Waals surface area contributed by atoms with Crippen LogP contribution in [0.5, 0.6) is 0 Å². The summed E-state index contributed by atoms with van der Waals surface area (Å²) in [5.41, 5.74) is 6.83. The molecule has 1 aromatic carbocycles. The molecular weight excluding hydrogens is 174 g/mol. The van der Waals surface area contributed by atoms with E-state index < -0.39 is 0 Å². The van der Waals surface area contributed by atoms with E-state index in [4.69, 9.17) is 5.73 Å². The molecule has 12 heavy (non-hydrogen) atoms. The Kier molecular flexibility index (Phi) is 4.37. The third kappa shape index (κ3) is 2.55. The fourth-order valence-corrected chi connectivity index (χ4v) is 0.945. The summed E-state index contributed by atoms with van der Waals surface area (Å²) in [5.74, 6) is -0.361. The summed E-state index contributed by atoms with van der Waals surface area (Å²) in [4.78, 5) is 10.7. The molecule has 1 aromatic rings. The van der Waals surface area contributed by atoms with Crippen molar-refractivity contribution in [2.24, 2.45) is 5.73 Å². The first-order chi connectivity index (χ1) is 5.24. The lowest BCUT2D eigenvalue weighted by Crippen LogP contribution is -2.10. The number of nitrogens with two attached hydrogens (primary N) is 1. The van der Waals surface area contributed by atoms with Gasteiger partial charge in [0.2, 0.25) is 5.91 Å². The van der Waals surface area contributed by atoms with Gasteiger partial charge in [-0.15, -0.1) is 12.4 Å². The highest BCUT2D eigenvalue weighted by Crippen LogP contribution is 2.04. The number of carbonyl (C=O) groups excluding carboxylic acids is 1. The van der Waals surface area contributed by atoms with Gasteiger partial charge in [-0.3, -0.25) is 4.79 Å². The molecule has 2 N–H and O–H groups in total.